The van der Waals surface area contributed by atoms with Crippen molar-refractivity contribution < 1.29 is 9.47 Å². The molecule has 2 N–H and O–H groups in total. The zero-order valence-corrected chi connectivity index (χ0v) is 14.5. The zero-order chi connectivity index (χ0) is 16.8. The summed E-state index contributed by atoms with van der Waals surface area (Å²) in [6, 6.07) is 6.39. The van der Waals surface area contributed by atoms with E-state index in [1.807, 2.05) is 12.1 Å². The highest BCUT2D eigenvalue weighted by molar-refractivity contribution is 5.59. The van der Waals surface area contributed by atoms with Crippen LogP contribution < -0.4 is 30.7 Å². The van der Waals surface area contributed by atoms with E-state index in [1.165, 1.54) is 21.8 Å². The minimum atomic E-state index is 0.295. The number of hydrogen-bond acceptors (Lipinski definition) is 4. The minimum Gasteiger partial charge on any atom is -0.486 e. The van der Waals surface area contributed by atoms with Crippen molar-refractivity contribution in [2.24, 2.45) is 7.05 Å². The Hall–Kier alpha value is -2.40. The third-order valence-electron chi connectivity index (χ3n) is 5.38. The largest absolute Gasteiger partial charge is 0.486 e. The predicted molar refractivity (Wildman–Crippen MR) is 98.5 cm³/mol. The summed E-state index contributed by atoms with van der Waals surface area (Å²) in [5, 5.41) is 9.90. The first kappa shape index (κ1) is 14.9. The van der Waals surface area contributed by atoms with E-state index < -0.39 is 0 Å². The lowest BCUT2D eigenvalue weighted by atomic mass is 10.0. The Morgan fingerprint density at radius 3 is 3.00 bits per heavy atom. The molecule has 0 spiro atoms. The molecular weight excluding hydrogens is 314 g/mol. The van der Waals surface area contributed by atoms with Crippen molar-refractivity contribution in [1.29, 1.82) is 0 Å². The van der Waals surface area contributed by atoms with E-state index >= 15 is 0 Å². The molecule has 3 heterocycles. The van der Waals surface area contributed by atoms with Crippen molar-refractivity contribution >= 4 is 17.8 Å². The highest BCUT2D eigenvalue weighted by Gasteiger charge is 2.20. The number of ether oxygens (including phenoxy) is 2. The Morgan fingerprint density at radius 1 is 1.20 bits per heavy atom. The van der Waals surface area contributed by atoms with Crippen molar-refractivity contribution in [2.45, 2.75) is 25.4 Å². The van der Waals surface area contributed by atoms with Crippen LogP contribution in [0.3, 0.4) is 0 Å². The summed E-state index contributed by atoms with van der Waals surface area (Å²) in [6.07, 6.45) is 6.85. The molecule has 1 aromatic carbocycles. The maximum Gasteiger partial charge on any atom is 0.163 e. The van der Waals surface area contributed by atoms with Crippen molar-refractivity contribution in [1.82, 2.24) is 9.88 Å². The summed E-state index contributed by atoms with van der Waals surface area (Å²) in [5.74, 6) is 1.67. The molecule has 0 radical (unpaired) electrons. The number of rotatable bonds is 2. The minimum absolute atomic E-state index is 0.295. The molecule has 2 aliphatic heterocycles. The number of aromatic nitrogens is 1. The monoisotopic (exact) mass is 337 g/mol. The van der Waals surface area contributed by atoms with Gasteiger partial charge in [0.2, 0.25) is 0 Å². The zero-order valence-electron chi connectivity index (χ0n) is 14.5. The Balaban J connectivity index is 1.46. The molecule has 5 rings (SSSR count). The lowest BCUT2D eigenvalue weighted by Gasteiger charge is -2.21. The Kier molecular flexibility index (Phi) is 3.48. The fourth-order valence-corrected chi connectivity index (χ4v) is 4.16. The quantitative estimate of drug-likeness (QED) is 0.854. The first-order valence-electron chi connectivity index (χ1n) is 9.05. The van der Waals surface area contributed by atoms with Crippen molar-refractivity contribution in [3.05, 3.63) is 40.0 Å². The van der Waals surface area contributed by atoms with E-state index in [0.29, 0.717) is 19.3 Å². The summed E-state index contributed by atoms with van der Waals surface area (Å²) in [4.78, 5) is 0. The van der Waals surface area contributed by atoms with Crippen LogP contribution in [0.2, 0.25) is 0 Å². The first-order valence-corrected chi connectivity index (χ1v) is 9.05. The third kappa shape index (κ3) is 2.50. The second-order valence-corrected chi connectivity index (χ2v) is 6.93. The number of fused-ring (bicyclic) bond motifs is 4. The summed E-state index contributed by atoms with van der Waals surface area (Å²) >= 11 is 0. The average Bonchev–Trinajstić information content (AvgIpc) is 2.94. The molecule has 1 aliphatic carbocycles. The van der Waals surface area contributed by atoms with E-state index in [4.69, 9.17) is 9.47 Å². The number of anilines is 1. The molecule has 5 heteroatoms. The predicted octanol–water partition coefficient (Wildman–Crippen LogP) is 0.887. The van der Waals surface area contributed by atoms with Gasteiger partial charge in [-0.2, -0.15) is 0 Å². The van der Waals surface area contributed by atoms with Crippen LogP contribution in [0.25, 0.3) is 12.2 Å². The number of nitrogens with zero attached hydrogens (tertiary/aromatic N) is 1. The molecule has 3 aliphatic rings. The molecular formula is C20H23N3O2. The Morgan fingerprint density at radius 2 is 2.08 bits per heavy atom. The van der Waals surface area contributed by atoms with Gasteiger partial charge >= 0.3 is 0 Å². The van der Waals surface area contributed by atoms with Crippen LogP contribution in [0, 0.1) is 0 Å². The SMILES string of the molecule is Cn1c2c(c3c1=CCC(Nc1ccc4c(c1)OCCO4)C=3)CNCC2. The summed E-state index contributed by atoms with van der Waals surface area (Å²) in [7, 11) is 2.20. The van der Waals surface area contributed by atoms with Crippen LogP contribution in [0.15, 0.2) is 18.2 Å². The van der Waals surface area contributed by atoms with Crippen LogP contribution in [0.4, 0.5) is 5.69 Å². The normalized spacial score (nSPS) is 20.8. The van der Waals surface area contributed by atoms with Crippen LogP contribution in [0.1, 0.15) is 17.7 Å². The molecule has 0 saturated carbocycles. The molecule has 0 saturated heterocycles. The van der Waals surface area contributed by atoms with Gasteiger partial charge in [-0.25, -0.2) is 0 Å². The smallest absolute Gasteiger partial charge is 0.163 e. The molecule has 1 atom stereocenters. The summed E-state index contributed by atoms with van der Waals surface area (Å²) in [5.41, 5.74) is 4.02. The van der Waals surface area contributed by atoms with Crippen LogP contribution in [-0.4, -0.2) is 30.4 Å². The van der Waals surface area contributed by atoms with E-state index in [2.05, 4.69) is 40.5 Å². The lowest BCUT2D eigenvalue weighted by Crippen LogP contribution is -2.37. The standard InChI is InChI=1S/C20H23N3O2/c1-23-17-4-2-13(10-15(17)16-12-21-7-6-18(16)23)22-14-3-5-19-20(11-14)25-9-8-24-19/h3-5,10-11,13,21-22H,2,6-9,12H2,1H3. The fourth-order valence-electron chi connectivity index (χ4n) is 4.16. The molecule has 1 unspecified atom stereocenters. The molecule has 130 valence electrons. The number of hydrogen-bond donors (Lipinski definition) is 2. The average molecular weight is 337 g/mol. The van der Waals surface area contributed by atoms with E-state index in [1.54, 1.807) is 0 Å². The highest BCUT2D eigenvalue weighted by Crippen LogP contribution is 2.33. The van der Waals surface area contributed by atoms with Gasteiger partial charge in [0.15, 0.2) is 11.5 Å². The van der Waals surface area contributed by atoms with Crippen LogP contribution in [-0.2, 0) is 20.0 Å². The van der Waals surface area contributed by atoms with E-state index in [-0.39, 0.29) is 0 Å². The van der Waals surface area contributed by atoms with Gasteiger partial charge in [0.05, 0.1) is 0 Å². The van der Waals surface area contributed by atoms with E-state index in [0.717, 1.165) is 43.1 Å². The molecule has 5 nitrogen and oxygen atoms in total. The van der Waals surface area contributed by atoms with Crippen LogP contribution >= 0.6 is 0 Å². The maximum absolute atomic E-state index is 5.69. The van der Waals surface area contributed by atoms with Gasteiger partial charge < -0.3 is 24.7 Å². The summed E-state index contributed by atoms with van der Waals surface area (Å²) in [6.45, 7) is 3.29. The van der Waals surface area contributed by atoms with Crippen molar-refractivity contribution in [2.75, 3.05) is 25.1 Å². The number of benzene rings is 1. The molecule has 0 bridgehead atoms. The molecule has 2 aromatic rings. The van der Waals surface area contributed by atoms with Gasteiger partial charge in [0.25, 0.3) is 0 Å². The second kappa shape index (κ2) is 5.85. The van der Waals surface area contributed by atoms with Crippen molar-refractivity contribution in [3.63, 3.8) is 0 Å². The second-order valence-electron chi connectivity index (χ2n) is 6.93. The fraction of sp³-hybridized carbons (Fsp3) is 0.400. The first-order chi connectivity index (χ1) is 12.3. The van der Waals surface area contributed by atoms with E-state index in [9.17, 15) is 0 Å². The topological polar surface area (TPSA) is 47.5 Å². The summed E-state index contributed by atoms with van der Waals surface area (Å²) < 4.78 is 13.7. The lowest BCUT2D eigenvalue weighted by molar-refractivity contribution is 0.171. The Labute approximate surface area is 146 Å². The third-order valence-corrected chi connectivity index (χ3v) is 5.38. The Bertz CT molecular complexity index is 945. The maximum atomic E-state index is 5.69. The van der Waals surface area contributed by atoms with Crippen molar-refractivity contribution in [3.8, 4) is 11.5 Å². The molecule has 0 amide bonds. The molecule has 0 fully saturated rings. The van der Waals surface area contributed by atoms with Crippen LogP contribution in [0.5, 0.6) is 11.5 Å². The van der Waals surface area contributed by atoms with Gasteiger partial charge in [-0.3, -0.25) is 0 Å². The molecule has 25 heavy (non-hydrogen) atoms. The number of nitrogens with one attached hydrogen (secondary N) is 2. The van der Waals surface area contributed by atoms with Gasteiger partial charge in [-0.1, -0.05) is 12.2 Å². The van der Waals surface area contributed by atoms with Gasteiger partial charge in [0, 0.05) is 60.6 Å². The van der Waals surface area contributed by atoms with Gasteiger partial charge in [-0.15, -0.1) is 0 Å². The van der Waals surface area contributed by atoms with Gasteiger partial charge in [-0.05, 0) is 24.1 Å². The molecule has 1 aromatic heterocycles. The van der Waals surface area contributed by atoms with Gasteiger partial charge in [0.1, 0.15) is 13.2 Å². The highest BCUT2D eigenvalue weighted by atomic mass is 16.6.